The zero-order valence-corrected chi connectivity index (χ0v) is 11.2. The van der Waals surface area contributed by atoms with Gasteiger partial charge in [-0.25, -0.2) is 4.79 Å². The van der Waals surface area contributed by atoms with Gasteiger partial charge in [0.25, 0.3) is 0 Å². The van der Waals surface area contributed by atoms with Crippen LogP contribution in [0, 0.1) is 0 Å². The highest BCUT2D eigenvalue weighted by molar-refractivity contribution is 9.10. The smallest absolute Gasteiger partial charge is 0.335 e. The van der Waals surface area contributed by atoms with Crippen molar-refractivity contribution in [3.8, 4) is 0 Å². The molecule has 1 aromatic rings. The molecule has 1 aliphatic rings. The van der Waals surface area contributed by atoms with E-state index in [0.29, 0.717) is 23.1 Å². The average molecular weight is 316 g/mol. The van der Waals surface area contributed by atoms with E-state index in [9.17, 15) is 9.59 Å². The third kappa shape index (κ3) is 2.47. The number of carboxylic acids is 1. The molecule has 1 saturated heterocycles. The molecule has 0 bridgehead atoms. The molecule has 1 amide bonds. The Morgan fingerprint density at radius 2 is 2.24 bits per heavy atom. The quantitative estimate of drug-likeness (QED) is 0.822. The van der Waals surface area contributed by atoms with Crippen LogP contribution in [0.4, 0.5) is 5.69 Å². The molecule has 0 saturated carbocycles. The number of carbonyl (C=O) groups is 2. The van der Waals surface area contributed by atoms with Crippen LogP contribution in [0.1, 0.15) is 16.8 Å². The standard InChI is InChI=1S/C11H10BrNO3S/c12-8-2-1-6(11(15)16)3-9(8)13-5-7(17)4-10(13)14/h1-3,7,17H,4-5H2,(H,15,16). The average Bonchev–Trinajstić information content (AvgIpc) is 2.58. The molecule has 1 aliphatic heterocycles. The van der Waals surface area contributed by atoms with Gasteiger partial charge in [0.15, 0.2) is 0 Å². The van der Waals surface area contributed by atoms with E-state index in [-0.39, 0.29) is 16.7 Å². The molecule has 1 atom stereocenters. The highest BCUT2D eigenvalue weighted by Gasteiger charge is 2.29. The molecule has 4 nitrogen and oxygen atoms in total. The third-order valence-electron chi connectivity index (χ3n) is 2.59. The third-order valence-corrected chi connectivity index (χ3v) is 3.60. The fraction of sp³-hybridized carbons (Fsp3) is 0.273. The number of carbonyl (C=O) groups excluding carboxylic acids is 1. The van der Waals surface area contributed by atoms with E-state index in [1.54, 1.807) is 11.0 Å². The first kappa shape index (κ1) is 12.4. The summed E-state index contributed by atoms with van der Waals surface area (Å²) in [5.74, 6) is -1.04. The van der Waals surface area contributed by atoms with Crippen LogP contribution in [0.25, 0.3) is 0 Å². The van der Waals surface area contributed by atoms with Gasteiger partial charge in [0.2, 0.25) is 5.91 Å². The number of aromatic carboxylic acids is 1. The number of amides is 1. The Bertz CT molecular complexity index is 492. The number of carboxylic acid groups (broad SMARTS) is 1. The molecule has 1 heterocycles. The van der Waals surface area contributed by atoms with Crippen molar-refractivity contribution in [1.29, 1.82) is 0 Å². The number of hydrogen-bond acceptors (Lipinski definition) is 3. The molecule has 1 aromatic carbocycles. The van der Waals surface area contributed by atoms with Gasteiger partial charge in [0.05, 0.1) is 11.3 Å². The Labute approximate surface area is 112 Å². The maximum absolute atomic E-state index is 11.7. The molecule has 0 aromatic heterocycles. The minimum Gasteiger partial charge on any atom is -0.478 e. The van der Waals surface area contributed by atoms with Crippen LogP contribution in [-0.4, -0.2) is 28.8 Å². The van der Waals surface area contributed by atoms with Crippen LogP contribution in [-0.2, 0) is 4.79 Å². The van der Waals surface area contributed by atoms with E-state index >= 15 is 0 Å². The van der Waals surface area contributed by atoms with Crippen LogP contribution < -0.4 is 4.90 Å². The number of rotatable bonds is 2. The summed E-state index contributed by atoms with van der Waals surface area (Å²) in [6.07, 6.45) is 0.382. The summed E-state index contributed by atoms with van der Waals surface area (Å²) in [6.45, 7) is 0.504. The summed E-state index contributed by atoms with van der Waals surface area (Å²) in [7, 11) is 0. The van der Waals surface area contributed by atoms with Crippen molar-refractivity contribution in [3.63, 3.8) is 0 Å². The minimum absolute atomic E-state index is 0.00267. The van der Waals surface area contributed by atoms with Crippen LogP contribution in [0.5, 0.6) is 0 Å². The van der Waals surface area contributed by atoms with Gasteiger partial charge in [-0.1, -0.05) is 0 Å². The van der Waals surface area contributed by atoms with Crippen LogP contribution in [0.3, 0.4) is 0 Å². The van der Waals surface area contributed by atoms with E-state index in [4.69, 9.17) is 5.11 Å². The van der Waals surface area contributed by atoms with Crippen LogP contribution in [0.2, 0.25) is 0 Å². The number of nitrogens with zero attached hydrogens (tertiary/aromatic N) is 1. The minimum atomic E-state index is -1.01. The second-order valence-electron chi connectivity index (χ2n) is 3.83. The highest BCUT2D eigenvalue weighted by Crippen LogP contribution is 2.31. The predicted octanol–water partition coefficient (Wildman–Crippen LogP) is 2.18. The van der Waals surface area contributed by atoms with Crippen molar-refractivity contribution in [1.82, 2.24) is 0 Å². The zero-order chi connectivity index (χ0) is 12.6. The SMILES string of the molecule is O=C(O)c1ccc(Br)c(N2CC(S)CC2=O)c1. The zero-order valence-electron chi connectivity index (χ0n) is 8.76. The molecule has 2 rings (SSSR count). The molecular weight excluding hydrogens is 306 g/mol. The summed E-state index contributed by atoms with van der Waals surface area (Å²) in [4.78, 5) is 24.2. The first-order chi connectivity index (χ1) is 7.99. The largest absolute Gasteiger partial charge is 0.478 e. The molecule has 0 spiro atoms. The molecule has 90 valence electrons. The summed E-state index contributed by atoms with van der Waals surface area (Å²) in [5, 5.41) is 8.93. The molecule has 1 unspecified atom stereocenters. The fourth-order valence-electron chi connectivity index (χ4n) is 1.77. The van der Waals surface area contributed by atoms with Crippen LogP contribution >= 0.6 is 28.6 Å². The van der Waals surface area contributed by atoms with Gasteiger partial charge in [-0.05, 0) is 34.1 Å². The van der Waals surface area contributed by atoms with E-state index in [1.165, 1.54) is 12.1 Å². The first-order valence-corrected chi connectivity index (χ1v) is 6.31. The summed E-state index contributed by atoms with van der Waals surface area (Å²) in [6, 6.07) is 4.63. The first-order valence-electron chi connectivity index (χ1n) is 5.00. The summed E-state index contributed by atoms with van der Waals surface area (Å²) < 4.78 is 0.707. The van der Waals surface area contributed by atoms with Gasteiger partial charge < -0.3 is 10.0 Å². The lowest BCUT2D eigenvalue weighted by atomic mass is 10.2. The number of halogens is 1. The topological polar surface area (TPSA) is 57.6 Å². The monoisotopic (exact) mass is 315 g/mol. The molecule has 1 fully saturated rings. The molecule has 0 radical (unpaired) electrons. The lowest BCUT2D eigenvalue weighted by Gasteiger charge is -2.18. The van der Waals surface area contributed by atoms with Crippen molar-refractivity contribution in [2.45, 2.75) is 11.7 Å². The van der Waals surface area contributed by atoms with Gasteiger partial charge in [-0.2, -0.15) is 12.6 Å². The second kappa shape index (κ2) is 4.70. The van der Waals surface area contributed by atoms with E-state index < -0.39 is 5.97 Å². The number of thiol groups is 1. The summed E-state index contributed by atoms with van der Waals surface area (Å²) in [5.41, 5.74) is 0.755. The van der Waals surface area contributed by atoms with Crippen molar-refractivity contribution in [3.05, 3.63) is 28.2 Å². The van der Waals surface area contributed by atoms with Gasteiger partial charge in [-0.3, -0.25) is 4.79 Å². The number of hydrogen-bond donors (Lipinski definition) is 2. The lowest BCUT2D eigenvalue weighted by molar-refractivity contribution is -0.117. The Hall–Kier alpha value is -1.01. The number of benzene rings is 1. The second-order valence-corrected chi connectivity index (χ2v) is 5.42. The van der Waals surface area contributed by atoms with E-state index in [1.807, 2.05) is 0 Å². The molecular formula is C11H10BrNO3S. The van der Waals surface area contributed by atoms with E-state index in [2.05, 4.69) is 28.6 Å². The van der Waals surface area contributed by atoms with E-state index in [0.717, 1.165) is 0 Å². The predicted molar refractivity (Wildman–Crippen MR) is 70.8 cm³/mol. The van der Waals surface area contributed by atoms with Crippen LogP contribution in [0.15, 0.2) is 22.7 Å². The lowest BCUT2D eigenvalue weighted by Crippen LogP contribution is -2.25. The Balaban J connectivity index is 2.41. The fourth-order valence-corrected chi connectivity index (χ4v) is 2.55. The molecule has 1 N–H and O–H groups in total. The van der Waals surface area contributed by atoms with Crippen molar-refractivity contribution in [2.24, 2.45) is 0 Å². The van der Waals surface area contributed by atoms with Crippen molar-refractivity contribution < 1.29 is 14.7 Å². The molecule has 17 heavy (non-hydrogen) atoms. The molecule has 6 heteroatoms. The number of anilines is 1. The maximum atomic E-state index is 11.7. The van der Waals surface area contributed by atoms with Gasteiger partial charge >= 0.3 is 5.97 Å². The van der Waals surface area contributed by atoms with Crippen molar-refractivity contribution in [2.75, 3.05) is 11.4 Å². The Kier molecular flexibility index (Phi) is 3.44. The highest BCUT2D eigenvalue weighted by atomic mass is 79.9. The normalized spacial score (nSPS) is 19.8. The maximum Gasteiger partial charge on any atom is 0.335 e. The Morgan fingerprint density at radius 1 is 1.53 bits per heavy atom. The van der Waals surface area contributed by atoms with Gasteiger partial charge in [0, 0.05) is 22.7 Å². The van der Waals surface area contributed by atoms with Crippen molar-refractivity contribution >= 4 is 46.1 Å². The van der Waals surface area contributed by atoms with Gasteiger partial charge in [-0.15, -0.1) is 0 Å². The van der Waals surface area contributed by atoms with Gasteiger partial charge in [0.1, 0.15) is 0 Å². The molecule has 0 aliphatic carbocycles. The summed E-state index contributed by atoms with van der Waals surface area (Å²) >= 11 is 7.59. The Morgan fingerprint density at radius 3 is 2.76 bits per heavy atom.